The van der Waals surface area contributed by atoms with Crippen LogP contribution in [0.3, 0.4) is 0 Å². The van der Waals surface area contributed by atoms with Gasteiger partial charge in [0, 0.05) is 5.54 Å². The largest absolute Gasteiger partial charge is 0.416 e. The number of hydrogen-bond donors (Lipinski definition) is 0. The van der Waals surface area contributed by atoms with Crippen molar-refractivity contribution in [3.63, 3.8) is 0 Å². The maximum Gasteiger partial charge on any atom is 0.416 e. The van der Waals surface area contributed by atoms with Crippen LogP contribution in [0.4, 0.5) is 13.2 Å². The number of benzene rings is 1. The molecule has 0 aliphatic heterocycles. The Kier molecular flexibility index (Phi) is 4.22. The van der Waals surface area contributed by atoms with Gasteiger partial charge in [0.2, 0.25) is 0 Å². The molecule has 16 heavy (non-hydrogen) atoms. The van der Waals surface area contributed by atoms with E-state index in [0.717, 1.165) is 12.1 Å². The van der Waals surface area contributed by atoms with E-state index in [1.54, 1.807) is 6.92 Å². The van der Waals surface area contributed by atoms with Gasteiger partial charge in [0.15, 0.2) is 0 Å². The molecule has 0 aliphatic rings. The van der Waals surface area contributed by atoms with Crippen molar-refractivity contribution in [3.05, 3.63) is 35.4 Å². The second kappa shape index (κ2) is 4.76. The molecule has 7 heteroatoms. The van der Waals surface area contributed by atoms with Crippen LogP contribution < -0.4 is 0 Å². The van der Waals surface area contributed by atoms with E-state index in [9.17, 15) is 13.2 Å². The van der Waals surface area contributed by atoms with Crippen LogP contribution in [0.2, 0.25) is 0 Å². The predicted molar refractivity (Wildman–Crippen MR) is 63.2 cm³/mol. The molecule has 0 nitrogen and oxygen atoms in total. The molecule has 0 fully saturated rings. The summed E-state index contributed by atoms with van der Waals surface area (Å²) in [5.41, 5.74) is -0.790. The average molecular weight is 308 g/mol. The highest BCUT2D eigenvalue weighted by atomic mass is 35.8. The fourth-order valence-electron chi connectivity index (χ4n) is 1.17. The predicted octanol–water partition coefficient (Wildman–Crippen LogP) is 5.00. The second-order valence-corrected chi connectivity index (χ2v) is 12.4. The SMILES string of the molecule is C[C@H](c1cccc(C(F)(F)F)c1)[Si](Cl)(Cl)Cl. The van der Waals surface area contributed by atoms with Crippen molar-refractivity contribution in [1.82, 2.24) is 0 Å². The lowest BCUT2D eigenvalue weighted by Crippen LogP contribution is -2.20. The molecular formula is C9H8Cl3F3Si. The first-order chi connectivity index (χ1) is 7.12. The van der Waals surface area contributed by atoms with Crippen molar-refractivity contribution < 1.29 is 13.2 Å². The number of rotatable bonds is 2. The van der Waals surface area contributed by atoms with E-state index >= 15 is 0 Å². The average Bonchev–Trinajstić information content (AvgIpc) is 2.14. The number of halogens is 6. The minimum Gasteiger partial charge on any atom is -0.166 e. The first kappa shape index (κ1) is 14.2. The fraction of sp³-hybridized carbons (Fsp3) is 0.333. The Hall–Kier alpha value is 0.0969. The number of hydrogen-bond acceptors (Lipinski definition) is 0. The van der Waals surface area contributed by atoms with Gasteiger partial charge in [0.25, 0.3) is 0 Å². The van der Waals surface area contributed by atoms with Crippen molar-refractivity contribution in [1.29, 1.82) is 0 Å². The van der Waals surface area contributed by atoms with Crippen LogP contribution >= 0.6 is 33.2 Å². The van der Waals surface area contributed by atoms with Gasteiger partial charge in [-0.15, -0.1) is 33.2 Å². The summed E-state index contributed by atoms with van der Waals surface area (Å²) < 4.78 is 37.3. The summed E-state index contributed by atoms with van der Waals surface area (Å²) in [7, 11) is 0. The Balaban J connectivity index is 3.09. The molecular weight excluding hydrogens is 300 g/mol. The van der Waals surface area contributed by atoms with E-state index in [2.05, 4.69) is 0 Å². The standard InChI is InChI=1S/C9H8Cl3F3Si/c1-6(16(10,11)12)7-3-2-4-8(5-7)9(13,14)15/h2-6H,1H3/t6-/m1/s1. The van der Waals surface area contributed by atoms with Crippen molar-refractivity contribution in [2.24, 2.45) is 0 Å². The summed E-state index contributed by atoms with van der Waals surface area (Å²) in [6.45, 7) is 1.62. The maximum atomic E-state index is 12.4. The van der Waals surface area contributed by atoms with Gasteiger partial charge in [-0.25, -0.2) is 0 Å². The summed E-state index contributed by atoms with van der Waals surface area (Å²) in [4.78, 5) is 0. The quantitative estimate of drug-likeness (QED) is 0.532. The third-order valence-corrected chi connectivity index (χ3v) is 6.47. The highest BCUT2D eigenvalue weighted by Crippen LogP contribution is 2.38. The third kappa shape index (κ3) is 3.55. The molecule has 0 N–H and O–H groups in total. The van der Waals surface area contributed by atoms with Gasteiger partial charge in [-0.2, -0.15) is 13.2 Å². The minimum absolute atomic E-state index is 0.404. The number of alkyl halides is 3. The second-order valence-electron chi connectivity index (χ2n) is 3.39. The molecule has 0 unspecified atom stereocenters. The van der Waals surface area contributed by atoms with Gasteiger partial charge in [0.05, 0.1) is 5.56 Å². The molecule has 90 valence electrons. The Bertz CT molecular complexity index is 373. The topological polar surface area (TPSA) is 0 Å². The Morgan fingerprint density at radius 3 is 2.19 bits per heavy atom. The van der Waals surface area contributed by atoms with Crippen LogP contribution in [-0.2, 0) is 6.18 Å². The molecule has 0 radical (unpaired) electrons. The lowest BCUT2D eigenvalue weighted by molar-refractivity contribution is -0.137. The van der Waals surface area contributed by atoms with Gasteiger partial charge >= 0.3 is 12.2 Å². The van der Waals surface area contributed by atoms with E-state index in [-0.39, 0.29) is 0 Å². The van der Waals surface area contributed by atoms with Gasteiger partial charge in [-0.3, -0.25) is 0 Å². The molecule has 0 saturated carbocycles. The van der Waals surface area contributed by atoms with Crippen molar-refractivity contribution in [2.45, 2.75) is 18.6 Å². The van der Waals surface area contributed by atoms with Crippen LogP contribution in [-0.4, -0.2) is 6.00 Å². The summed E-state index contributed by atoms with van der Waals surface area (Å²) >= 11 is 17.3. The van der Waals surface area contributed by atoms with Crippen LogP contribution in [0.15, 0.2) is 24.3 Å². The Morgan fingerprint density at radius 2 is 1.75 bits per heavy atom. The summed E-state index contributed by atoms with van der Waals surface area (Å²) in [5, 5.41) is 0. The first-order valence-electron chi connectivity index (χ1n) is 4.36. The summed E-state index contributed by atoms with van der Waals surface area (Å²) in [5.74, 6) is 0. The van der Waals surface area contributed by atoms with Crippen LogP contribution in [0, 0.1) is 0 Å². The fourth-order valence-corrected chi connectivity index (χ4v) is 2.86. The van der Waals surface area contributed by atoms with Crippen molar-refractivity contribution in [3.8, 4) is 0 Å². The smallest absolute Gasteiger partial charge is 0.166 e. The van der Waals surface area contributed by atoms with Gasteiger partial charge in [-0.05, 0) is 11.6 Å². The molecule has 0 heterocycles. The van der Waals surface area contributed by atoms with Crippen molar-refractivity contribution in [2.75, 3.05) is 0 Å². The van der Waals surface area contributed by atoms with Gasteiger partial charge < -0.3 is 0 Å². The van der Waals surface area contributed by atoms with E-state index in [4.69, 9.17) is 33.2 Å². The Labute approximate surface area is 106 Å². The zero-order valence-electron chi connectivity index (χ0n) is 8.15. The first-order valence-corrected chi connectivity index (χ1v) is 9.47. The zero-order valence-corrected chi connectivity index (χ0v) is 11.4. The van der Waals surface area contributed by atoms with E-state index in [0.29, 0.717) is 5.56 Å². The zero-order chi connectivity index (χ0) is 12.6. The molecule has 0 bridgehead atoms. The van der Waals surface area contributed by atoms with Gasteiger partial charge in [-0.1, -0.05) is 25.1 Å². The maximum absolute atomic E-state index is 12.4. The van der Waals surface area contributed by atoms with Crippen LogP contribution in [0.5, 0.6) is 0 Å². The summed E-state index contributed by atoms with van der Waals surface area (Å²) in [6, 6.07) is 1.84. The molecule has 0 amide bonds. The summed E-state index contributed by atoms with van der Waals surface area (Å²) in [6.07, 6.45) is -4.37. The minimum atomic E-state index is -4.37. The van der Waals surface area contributed by atoms with E-state index < -0.39 is 23.3 Å². The molecule has 1 aromatic rings. The molecule has 0 saturated heterocycles. The van der Waals surface area contributed by atoms with E-state index in [1.807, 2.05) is 0 Å². The third-order valence-electron chi connectivity index (χ3n) is 2.20. The highest BCUT2D eigenvalue weighted by molar-refractivity contribution is 7.65. The van der Waals surface area contributed by atoms with Crippen molar-refractivity contribution >= 4 is 39.2 Å². The molecule has 0 aliphatic carbocycles. The molecule has 1 atom stereocenters. The highest BCUT2D eigenvalue weighted by Gasteiger charge is 2.36. The van der Waals surface area contributed by atoms with Crippen LogP contribution in [0.25, 0.3) is 0 Å². The van der Waals surface area contributed by atoms with E-state index in [1.165, 1.54) is 12.1 Å². The molecule has 0 aromatic heterocycles. The lowest BCUT2D eigenvalue weighted by atomic mass is 10.1. The molecule has 1 rings (SSSR count). The molecule has 1 aromatic carbocycles. The van der Waals surface area contributed by atoms with Gasteiger partial charge in [0.1, 0.15) is 0 Å². The van der Waals surface area contributed by atoms with Crippen LogP contribution in [0.1, 0.15) is 23.6 Å². The molecule has 0 spiro atoms. The Morgan fingerprint density at radius 1 is 1.19 bits per heavy atom. The lowest BCUT2D eigenvalue weighted by Gasteiger charge is -2.19. The monoisotopic (exact) mass is 306 g/mol. The normalized spacial score (nSPS) is 14.9.